The topological polar surface area (TPSA) is 76.3 Å². The molecule has 6 heteroatoms. The zero-order valence-electron chi connectivity index (χ0n) is 10.7. The van der Waals surface area contributed by atoms with E-state index < -0.39 is 10.0 Å². The molecule has 0 aliphatic carbocycles. The van der Waals surface area contributed by atoms with Gasteiger partial charge >= 0.3 is 0 Å². The van der Waals surface area contributed by atoms with Crippen LogP contribution in [0.5, 0.6) is 0 Å². The zero-order chi connectivity index (χ0) is 14.0. The maximum Gasteiger partial charge on any atom is 0.266 e. The lowest BCUT2D eigenvalue weighted by atomic mass is 10.2. The van der Waals surface area contributed by atoms with Crippen LogP contribution in [0.4, 0.5) is 11.4 Å². The molecule has 0 unspecified atom stereocenters. The molecule has 0 atom stereocenters. The number of nitrogens with zero attached hydrogens (tertiary/aromatic N) is 2. The molecule has 2 aromatic rings. The van der Waals surface area contributed by atoms with E-state index in [-0.39, 0.29) is 10.6 Å². The Morgan fingerprint density at radius 1 is 1.26 bits per heavy atom. The fourth-order valence-electron chi connectivity index (χ4n) is 1.73. The van der Waals surface area contributed by atoms with E-state index in [4.69, 9.17) is 5.73 Å². The molecule has 0 fully saturated rings. The summed E-state index contributed by atoms with van der Waals surface area (Å²) in [5.74, 6) is 0. The van der Waals surface area contributed by atoms with Crippen LogP contribution in [0.25, 0.3) is 0 Å². The molecule has 0 bridgehead atoms. The number of hydrogen-bond acceptors (Lipinski definition) is 4. The molecule has 0 radical (unpaired) electrons. The van der Waals surface area contributed by atoms with Crippen molar-refractivity contribution in [1.82, 2.24) is 4.98 Å². The van der Waals surface area contributed by atoms with Gasteiger partial charge in [-0.1, -0.05) is 6.07 Å². The Morgan fingerprint density at radius 3 is 2.58 bits per heavy atom. The van der Waals surface area contributed by atoms with Crippen molar-refractivity contribution in [3.63, 3.8) is 0 Å². The van der Waals surface area contributed by atoms with Crippen LogP contribution in [0.15, 0.2) is 47.6 Å². The van der Waals surface area contributed by atoms with Gasteiger partial charge in [0.2, 0.25) is 0 Å². The number of nitrogen functional groups attached to an aromatic ring is 1. The predicted octanol–water partition coefficient (Wildman–Crippen LogP) is 1.80. The van der Waals surface area contributed by atoms with Gasteiger partial charge < -0.3 is 5.73 Å². The second-order valence-electron chi connectivity index (χ2n) is 4.23. The van der Waals surface area contributed by atoms with Gasteiger partial charge in [0.25, 0.3) is 10.0 Å². The minimum absolute atomic E-state index is 0.101. The summed E-state index contributed by atoms with van der Waals surface area (Å²) in [6.07, 6.45) is 3.08. The molecule has 19 heavy (non-hydrogen) atoms. The van der Waals surface area contributed by atoms with Crippen molar-refractivity contribution in [1.29, 1.82) is 0 Å². The monoisotopic (exact) mass is 277 g/mol. The maximum absolute atomic E-state index is 12.5. The molecule has 0 aliphatic heterocycles. The van der Waals surface area contributed by atoms with Gasteiger partial charge in [0.1, 0.15) is 4.90 Å². The third kappa shape index (κ3) is 2.53. The Hall–Kier alpha value is -2.08. The first-order valence-corrected chi connectivity index (χ1v) is 7.12. The average molecular weight is 277 g/mol. The van der Waals surface area contributed by atoms with Crippen LogP contribution < -0.4 is 10.0 Å². The van der Waals surface area contributed by atoms with E-state index in [9.17, 15) is 8.42 Å². The van der Waals surface area contributed by atoms with Crippen LogP contribution in [0, 0.1) is 6.92 Å². The second-order valence-corrected chi connectivity index (χ2v) is 6.16. The molecule has 100 valence electrons. The average Bonchev–Trinajstić information content (AvgIpc) is 2.38. The lowest BCUT2D eigenvalue weighted by Gasteiger charge is -2.20. The van der Waals surface area contributed by atoms with E-state index in [1.807, 2.05) is 6.92 Å². The lowest BCUT2D eigenvalue weighted by molar-refractivity contribution is 0.594. The van der Waals surface area contributed by atoms with Gasteiger partial charge in [0.05, 0.1) is 17.6 Å². The number of aromatic nitrogens is 1. The minimum atomic E-state index is -3.67. The fourth-order valence-corrected chi connectivity index (χ4v) is 3.01. The van der Waals surface area contributed by atoms with Gasteiger partial charge in [-0.3, -0.25) is 9.29 Å². The Bertz CT molecular complexity index is 684. The van der Waals surface area contributed by atoms with Gasteiger partial charge in [0, 0.05) is 13.2 Å². The SMILES string of the molecule is Cc1ccc(S(=O)(=O)N(C)c2cccnc2)c(N)c1. The van der Waals surface area contributed by atoms with Gasteiger partial charge in [-0.15, -0.1) is 0 Å². The summed E-state index contributed by atoms with van der Waals surface area (Å²) >= 11 is 0. The van der Waals surface area contributed by atoms with Crippen LogP contribution in [-0.2, 0) is 10.0 Å². The standard InChI is InChI=1S/C13H15N3O2S/c1-10-5-6-13(12(14)8-10)19(17,18)16(2)11-4-3-7-15-9-11/h3-9H,14H2,1-2H3. The van der Waals surface area contributed by atoms with Crippen molar-refractivity contribution >= 4 is 21.4 Å². The number of sulfonamides is 1. The first-order valence-electron chi connectivity index (χ1n) is 5.68. The van der Waals surface area contributed by atoms with Gasteiger partial charge in [-0.05, 0) is 36.8 Å². The van der Waals surface area contributed by atoms with Gasteiger partial charge in [0.15, 0.2) is 0 Å². The molecule has 1 aromatic heterocycles. The van der Waals surface area contributed by atoms with E-state index in [2.05, 4.69) is 4.98 Å². The first kappa shape index (κ1) is 13.4. The largest absolute Gasteiger partial charge is 0.398 e. The molecular formula is C13H15N3O2S. The summed E-state index contributed by atoms with van der Waals surface area (Å²) in [5.41, 5.74) is 7.45. The Morgan fingerprint density at radius 2 is 2.00 bits per heavy atom. The summed E-state index contributed by atoms with van der Waals surface area (Å²) in [4.78, 5) is 4.01. The quantitative estimate of drug-likeness (QED) is 0.868. The molecular weight excluding hydrogens is 262 g/mol. The number of nitrogens with two attached hydrogens (primary N) is 1. The first-order chi connectivity index (χ1) is 8.93. The summed E-state index contributed by atoms with van der Waals surface area (Å²) in [6.45, 7) is 1.86. The van der Waals surface area contributed by atoms with Crippen molar-refractivity contribution < 1.29 is 8.42 Å². The molecule has 1 heterocycles. The second kappa shape index (κ2) is 4.89. The van der Waals surface area contributed by atoms with E-state index in [1.165, 1.54) is 23.6 Å². The molecule has 0 aliphatic rings. The van der Waals surface area contributed by atoms with Crippen LogP contribution >= 0.6 is 0 Å². The summed E-state index contributed by atoms with van der Waals surface area (Å²) in [6, 6.07) is 8.24. The van der Waals surface area contributed by atoms with Crippen molar-refractivity contribution in [3.8, 4) is 0 Å². The number of aryl methyl sites for hydroxylation is 1. The van der Waals surface area contributed by atoms with Crippen LogP contribution in [-0.4, -0.2) is 20.4 Å². The molecule has 2 N–H and O–H groups in total. The number of rotatable bonds is 3. The maximum atomic E-state index is 12.5. The van der Waals surface area contributed by atoms with Crippen molar-refractivity contribution in [2.24, 2.45) is 0 Å². The fraction of sp³-hybridized carbons (Fsp3) is 0.154. The van der Waals surface area contributed by atoms with Gasteiger partial charge in [-0.2, -0.15) is 0 Å². The van der Waals surface area contributed by atoms with Crippen molar-refractivity contribution in [3.05, 3.63) is 48.3 Å². The normalized spacial score (nSPS) is 11.3. The molecule has 5 nitrogen and oxygen atoms in total. The van der Waals surface area contributed by atoms with E-state index >= 15 is 0 Å². The summed E-state index contributed by atoms with van der Waals surface area (Å²) in [7, 11) is -2.19. The third-order valence-electron chi connectivity index (χ3n) is 2.81. The Balaban J connectivity index is 2.48. The van der Waals surface area contributed by atoms with E-state index in [0.29, 0.717) is 5.69 Å². The van der Waals surface area contributed by atoms with E-state index in [1.54, 1.807) is 30.5 Å². The molecule has 0 spiro atoms. The van der Waals surface area contributed by atoms with E-state index in [0.717, 1.165) is 5.56 Å². The highest BCUT2D eigenvalue weighted by Gasteiger charge is 2.23. The highest BCUT2D eigenvalue weighted by Crippen LogP contribution is 2.25. The zero-order valence-corrected chi connectivity index (χ0v) is 11.6. The Labute approximate surface area is 112 Å². The van der Waals surface area contributed by atoms with Crippen LogP contribution in [0.2, 0.25) is 0 Å². The molecule has 0 saturated heterocycles. The number of pyridine rings is 1. The molecule has 2 rings (SSSR count). The smallest absolute Gasteiger partial charge is 0.266 e. The summed E-state index contributed by atoms with van der Waals surface area (Å²) < 4.78 is 26.1. The minimum Gasteiger partial charge on any atom is -0.398 e. The van der Waals surface area contributed by atoms with Crippen LogP contribution in [0.3, 0.4) is 0 Å². The van der Waals surface area contributed by atoms with Crippen LogP contribution in [0.1, 0.15) is 5.56 Å². The van der Waals surface area contributed by atoms with Crippen molar-refractivity contribution in [2.75, 3.05) is 17.1 Å². The number of hydrogen-bond donors (Lipinski definition) is 1. The molecule has 1 aromatic carbocycles. The Kier molecular flexibility index (Phi) is 3.44. The third-order valence-corrected chi connectivity index (χ3v) is 4.67. The van der Waals surface area contributed by atoms with Gasteiger partial charge in [-0.25, -0.2) is 8.42 Å². The highest BCUT2D eigenvalue weighted by molar-refractivity contribution is 7.93. The highest BCUT2D eigenvalue weighted by atomic mass is 32.2. The summed E-state index contributed by atoms with van der Waals surface area (Å²) in [5, 5.41) is 0. The number of anilines is 2. The molecule has 0 amide bonds. The molecule has 0 saturated carbocycles. The van der Waals surface area contributed by atoms with Crippen molar-refractivity contribution in [2.45, 2.75) is 11.8 Å². The predicted molar refractivity (Wildman–Crippen MR) is 75.4 cm³/mol. The number of benzene rings is 1. The lowest BCUT2D eigenvalue weighted by Crippen LogP contribution is -2.27.